The molecule has 0 amide bonds. The Hall–Kier alpha value is -1.82. The largest absolute Gasteiger partial charge is 0.418 e. The summed E-state index contributed by atoms with van der Waals surface area (Å²) < 4.78 is 39.5. The van der Waals surface area contributed by atoms with Crippen molar-refractivity contribution < 1.29 is 13.2 Å². The minimum Gasteiger partial charge on any atom is -0.278 e. The monoisotopic (exact) mass is 356 g/mol. The highest BCUT2D eigenvalue weighted by Crippen LogP contribution is 2.34. The van der Waals surface area contributed by atoms with Gasteiger partial charge in [0.15, 0.2) is 0 Å². The van der Waals surface area contributed by atoms with Gasteiger partial charge in [-0.3, -0.25) is 5.43 Å². The van der Waals surface area contributed by atoms with E-state index in [9.17, 15) is 13.2 Å². The molecule has 0 aliphatic rings. The van der Waals surface area contributed by atoms with E-state index in [1.165, 1.54) is 18.2 Å². The van der Waals surface area contributed by atoms with Gasteiger partial charge in [-0.1, -0.05) is 40.2 Å². The number of alkyl halides is 3. The quantitative estimate of drug-likeness (QED) is 0.585. The zero-order valence-corrected chi connectivity index (χ0v) is 12.7. The summed E-state index contributed by atoms with van der Waals surface area (Å²) in [5, 5.41) is 4.02. The fraction of sp³-hybridized carbons (Fsp3) is 0.133. The van der Waals surface area contributed by atoms with E-state index < -0.39 is 11.7 Å². The molecule has 110 valence electrons. The van der Waals surface area contributed by atoms with Crippen molar-refractivity contribution in [3.05, 3.63) is 64.1 Å². The molecule has 1 N–H and O–H groups in total. The zero-order chi connectivity index (χ0) is 15.5. The molecule has 2 aromatic carbocycles. The summed E-state index contributed by atoms with van der Waals surface area (Å²) in [6, 6.07) is 12.6. The van der Waals surface area contributed by atoms with Crippen LogP contribution in [0.2, 0.25) is 0 Å². The highest BCUT2D eigenvalue weighted by molar-refractivity contribution is 9.10. The molecule has 0 aliphatic heterocycles. The van der Waals surface area contributed by atoms with E-state index in [0.717, 1.165) is 16.1 Å². The molecule has 0 bridgehead atoms. The Balaban J connectivity index is 2.23. The van der Waals surface area contributed by atoms with Crippen LogP contribution in [-0.4, -0.2) is 5.71 Å². The van der Waals surface area contributed by atoms with Gasteiger partial charge in [0.2, 0.25) is 0 Å². The van der Waals surface area contributed by atoms with Gasteiger partial charge in [0.1, 0.15) is 0 Å². The molecule has 2 rings (SSSR count). The number of halogens is 4. The lowest BCUT2D eigenvalue weighted by Crippen LogP contribution is -2.09. The van der Waals surface area contributed by atoms with Gasteiger partial charge in [-0.15, -0.1) is 0 Å². The molecule has 0 aliphatic carbocycles. The van der Waals surface area contributed by atoms with E-state index in [0.29, 0.717) is 5.71 Å². The predicted octanol–water partition coefficient (Wildman–Crippen LogP) is 5.30. The van der Waals surface area contributed by atoms with Gasteiger partial charge in [-0.2, -0.15) is 18.3 Å². The molecular weight excluding hydrogens is 345 g/mol. The lowest BCUT2D eigenvalue weighted by molar-refractivity contribution is -0.136. The van der Waals surface area contributed by atoms with Crippen molar-refractivity contribution in [2.75, 3.05) is 5.43 Å². The van der Waals surface area contributed by atoms with E-state index in [4.69, 9.17) is 0 Å². The van der Waals surface area contributed by atoms with Crippen LogP contribution in [0.3, 0.4) is 0 Å². The lowest BCUT2D eigenvalue weighted by Gasteiger charge is -2.12. The Labute approximate surface area is 128 Å². The number of anilines is 1. The van der Waals surface area contributed by atoms with Crippen LogP contribution < -0.4 is 5.43 Å². The normalized spacial score (nSPS) is 12.3. The number of para-hydroxylation sites is 1. The van der Waals surface area contributed by atoms with Crippen LogP contribution in [0, 0.1) is 0 Å². The van der Waals surface area contributed by atoms with Crippen LogP contribution in [0.25, 0.3) is 0 Å². The maximum Gasteiger partial charge on any atom is 0.418 e. The number of nitrogens with zero attached hydrogens (tertiary/aromatic N) is 1. The Bertz CT molecular complexity index is 649. The number of benzene rings is 2. The first kappa shape index (κ1) is 15.6. The third kappa shape index (κ3) is 4.07. The van der Waals surface area contributed by atoms with Crippen LogP contribution in [0.1, 0.15) is 18.1 Å². The summed E-state index contributed by atoms with van der Waals surface area (Å²) in [5.41, 5.74) is 3.11. The van der Waals surface area contributed by atoms with Gasteiger partial charge in [-0.05, 0) is 36.8 Å². The van der Waals surface area contributed by atoms with E-state index in [-0.39, 0.29) is 5.69 Å². The smallest absolute Gasteiger partial charge is 0.278 e. The number of nitrogens with one attached hydrogen (secondary N) is 1. The van der Waals surface area contributed by atoms with Crippen molar-refractivity contribution in [3.63, 3.8) is 0 Å². The number of rotatable bonds is 3. The summed E-state index contributed by atoms with van der Waals surface area (Å²) in [5.74, 6) is 0. The van der Waals surface area contributed by atoms with Gasteiger partial charge in [0.05, 0.1) is 17.0 Å². The van der Waals surface area contributed by atoms with E-state index in [1.807, 2.05) is 24.3 Å². The number of hydrogen-bond donors (Lipinski definition) is 1. The fourth-order valence-electron chi connectivity index (χ4n) is 1.73. The molecule has 0 fully saturated rings. The molecule has 2 aromatic rings. The minimum atomic E-state index is -4.41. The first-order valence-corrected chi connectivity index (χ1v) is 6.89. The average Bonchev–Trinajstić information content (AvgIpc) is 2.45. The number of hydrazone groups is 1. The summed E-state index contributed by atoms with van der Waals surface area (Å²) in [7, 11) is 0. The number of hydrogen-bond acceptors (Lipinski definition) is 2. The van der Waals surface area contributed by atoms with Crippen LogP contribution in [-0.2, 0) is 6.18 Å². The fourth-order valence-corrected chi connectivity index (χ4v) is 1.99. The van der Waals surface area contributed by atoms with Crippen molar-refractivity contribution in [2.45, 2.75) is 13.1 Å². The Kier molecular flexibility index (Phi) is 4.67. The Morgan fingerprint density at radius 3 is 2.29 bits per heavy atom. The van der Waals surface area contributed by atoms with Gasteiger partial charge in [-0.25, -0.2) is 0 Å². The van der Waals surface area contributed by atoms with Gasteiger partial charge < -0.3 is 0 Å². The van der Waals surface area contributed by atoms with Gasteiger partial charge in [0, 0.05) is 4.47 Å². The highest BCUT2D eigenvalue weighted by Gasteiger charge is 2.33. The second-order valence-corrected chi connectivity index (χ2v) is 5.27. The van der Waals surface area contributed by atoms with Crippen LogP contribution in [0.4, 0.5) is 18.9 Å². The van der Waals surface area contributed by atoms with Crippen LogP contribution in [0.5, 0.6) is 0 Å². The second kappa shape index (κ2) is 6.30. The molecule has 0 heterocycles. The first-order chi connectivity index (χ1) is 9.88. The Morgan fingerprint density at radius 2 is 1.67 bits per heavy atom. The van der Waals surface area contributed by atoms with E-state index >= 15 is 0 Å². The topological polar surface area (TPSA) is 24.4 Å². The molecule has 0 unspecified atom stereocenters. The maximum atomic E-state index is 12.8. The summed E-state index contributed by atoms with van der Waals surface area (Å²) in [6.45, 7) is 1.73. The van der Waals surface area contributed by atoms with Gasteiger partial charge >= 0.3 is 6.18 Å². The molecule has 6 heteroatoms. The molecular formula is C15H12BrF3N2. The molecule has 0 saturated heterocycles. The molecule has 0 radical (unpaired) electrons. The highest BCUT2D eigenvalue weighted by atomic mass is 79.9. The summed E-state index contributed by atoms with van der Waals surface area (Å²) >= 11 is 3.32. The second-order valence-electron chi connectivity index (χ2n) is 4.36. The predicted molar refractivity (Wildman–Crippen MR) is 81.4 cm³/mol. The Morgan fingerprint density at radius 1 is 1.05 bits per heavy atom. The lowest BCUT2D eigenvalue weighted by atomic mass is 10.1. The third-order valence-electron chi connectivity index (χ3n) is 2.84. The van der Waals surface area contributed by atoms with Crippen LogP contribution >= 0.6 is 15.9 Å². The van der Waals surface area contributed by atoms with Crippen molar-refractivity contribution in [3.8, 4) is 0 Å². The summed E-state index contributed by atoms with van der Waals surface area (Å²) in [4.78, 5) is 0. The van der Waals surface area contributed by atoms with Crippen LogP contribution in [0.15, 0.2) is 58.1 Å². The van der Waals surface area contributed by atoms with Gasteiger partial charge in [0.25, 0.3) is 0 Å². The molecule has 0 saturated carbocycles. The average molecular weight is 357 g/mol. The van der Waals surface area contributed by atoms with E-state index in [1.54, 1.807) is 6.92 Å². The minimum absolute atomic E-state index is 0.0681. The molecule has 0 atom stereocenters. The third-order valence-corrected chi connectivity index (χ3v) is 3.37. The zero-order valence-electron chi connectivity index (χ0n) is 11.1. The molecule has 0 aromatic heterocycles. The van der Waals surface area contributed by atoms with E-state index in [2.05, 4.69) is 26.5 Å². The molecule has 0 spiro atoms. The van der Waals surface area contributed by atoms with Crippen molar-refractivity contribution in [1.29, 1.82) is 0 Å². The maximum absolute atomic E-state index is 12.8. The SMILES string of the molecule is CC(=NNc1ccccc1C(F)(F)F)c1ccc(Br)cc1. The van der Waals surface area contributed by atoms with Crippen molar-refractivity contribution in [1.82, 2.24) is 0 Å². The standard InChI is InChI=1S/C15H12BrF3N2/c1-10(11-6-8-12(16)9-7-11)20-21-14-5-3-2-4-13(14)15(17,18)19/h2-9,21H,1H3. The molecule has 2 nitrogen and oxygen atoms in total. The molecule has 21 heavy (non-hydrogen) atoms. The summed E-state index contributed by atoms with van der Waals surface area (Å²) in [6.07, 6.45) is -4.41. The van der Waals surface area contributed by atoms with Crippen molar-refractivity contribution >= 4 is 27.3 Å². The first-order valence-electron chi connectivity index (χ1n) is 6.10. The van der Waals surface area contributed by atoms with Crippen molar-refractivity contribution in [2.24, 2.45) is 5.10 Å².